The van der Waals surface area contributed by atoms with Gasteiger partial charge in [0.15, 0.2) is 6.04 Å². The number of amides is 1. The molecule has 0 aliphatic carbocycles. The molecule has 0 spiro atoms. The molecule has 1 aromatic carbocycles. The maximum Gasteiger partial charge on any atom is 0.330 e. The van der Waals surface area contributed by atoms with Gasteiger partial charge in [0.05, 0.1) is 0 Å². The average molecular weight is 240 g/mol. The highest BCUT2D eigenvalue weighted by Crippen LogP contribution is 2.02. The second kappa shape index (κ2) is 5.95. The molecule has 1 rings (SSSR count). The number of carbonyl (C=O) groups is 2. The van der Waals surface area contributed by atoms with Crippen LogP contribution in [-0.4, -0.2) is 30.1 Å². The Balaban J connectivity index is 2.56. The lowest BCUT2D eigenvalue weighted by Gasteiger charge is -2.11. The Bertz CT molecular complexity index is 423. The number of benzene rings is 1. The molecule has 0 radical (unpaired) electrons. The van der Waals surface area contributed by atoms with Crippen LogP contribution in [0.1, 0.15) is 5.56 Å². The van der Waals surface area contributed by atoms with Crippen LogP contribution >= 0.6 is 0 Å². The number of halogens is 1. The fraction of sp³-hybridized carbons (Fsp3) is 0.273. The molecule has 3 N–H and O–H groups in total. The summed E-state index contributed by atoms with van der Waals surface area (Å²) in [5.74, 6) is -2.33. The summed E-state index contributed by atoms with van der Waals surface area (Å²) in [6, 6.07) is 4.42. The summed E-state index contributed by atoms with van der Waals surface area (Å²) in [5, 5.41) is 13.5. The van der Waals surface area contributed by atoms with Gasteiger partial charge in [-0.3, -0.25) is 10.1 Å². The van der Waals surface area contributed by atoms with Crippen LogP contribution in [0.4, 0.5) is 4.39 Å². The van der Waals surface area contributed by atoms with Crippen LogP contribution in [0.5, 0.6) is 0 Å². The van der Waals surface area contributed by atoms with E-state index in [4.69, 9.17) is 5.11 Å². The second-order valence-electron chi connectivity index (χ2n) is 3.41. The van der Waals surface area contributed by atoms with Crippen LogP contribution in [0.25, 0.3) is 0 Å². The number of hydrogen-bond donors (Lipinski definition) is 3. The lowest BCUT2D eigenvalue weighted by molar-refractivity contribution is -0.143. The largest absolute Gasteiger partial charge is 0.480 e. The van der Waals surface area contributed by atoms with Gasteiger partial charge < -0.3 is 10.4 Å². The molecule has 17 heavy (non-hydrogen) atoms. The highest BCUT2D eigenvalue weighted by molar-refractivity contribution is 6.01. The van der Waals surface area contributed by atoms with Gasteiger partial charge in [-0.15, -0.1) is 0 Å². The Labute approximate surface area is 97.6 Å². The van der Waals surface area contributed by atoms with E-state index in [1.54, 1.807) is 6.07 Å². The van der Waals surface area contributed by atoms with E-state index < -0.39 is 23.7 Å². The van der Waals surface area contributed by atoms with Crippen molar-refractivity contribution < 1.29 is 19.1 Å². The number of rotatable bonds is 5. The third kappa shape index (κ3) is 3.84. The zero-order chi connectivity index (χ0) is 12.8. The van der Waals surface area contributed by atoms with Gasteiger partial charge in [0.2, 0.25) is 5.91 Å². The van der Waals surface area contributed by atoms with E-state index in [9.17, 15) is 14.0 Å². The predicted molar refractivity (Wildman–Crippen MR) is 58.7 cm³/mol. The van der Waals surface area contributed by atoms with Gasteiger partial charge in [0.1, 0.15) is 5.82 Å². The van der Waals surface area contributed by atoms with Crippen molar-refractivity contribution in [2.75, 3.05) is 7.05 Å². The molecule has 0 aromatic heterocycles. The van der Waals surface area contributed by atoms with Crippen molar-refractivity contribution >= 4 is 11.9 Å². The molecule has 0 bridgehead atoms. The van der Waals surface area contributed by atoms with Crippen molar-refractivity contribution in [2.45, 2.75) is 12.6 Å². The van der Waals surface area contributed by atoms with Crippen molar-refractivity contribution in [2.24, 2.45) is 0 Å². The van der Waals surface area contributed by atoms with Crippen molar-refractivity contribution in [1.82, 2.24) is 10.6 Å². The monoisotopic (exact) mass is 240 g/mol. The number of carbonyl (C=O) groups excluding carboxylic acids is 1. The minimum Gasteiger partial charge on any atom is -0.480 e. The van der Waals surface area contributed by atoms with Crippen molar-refractivity contribution in [1.29, 1.82) is 0 Å². The van der Waals surface area contributed by atoms with E-state index in [1.165, 1.54) is 25.2 Å². The van der Waals surface area contributed by atoms with Gasteiger partial charge in [-0.2, -0.15) is 0 Å². The quantitative estimate of drug-likeness (QED) is 0.638. The van der Waals surface area contributed by atoms with Crippen molar-refractivity contribution in [3.63, 3.8) is 0 Å². The van der Waals surface area contributed by atoms with Gasteiger partial charge in [-0.05, 0) is 24.7 Å². The maximum absolute atomic E-state index is 12.8. The van der Waals surface area contributed by atoms with Gasteiger partial charge in [-0.25, -0.2) is 9.18 Å². The zero-order valence-electron chi connectivity index (χ0n) is 9.24. The lowest BCUT2D eigenvalue weighted by Crippen LogP contribution is -2.47. The van der Waals surface area contributed by atoms with E-state index in [0.29, 0.717) is 5.56 Å². The SMILES string of the molecule is CNC(C(=O)O)C(=O)NCc1cccc(F)c1. The first-order valence-corrected chi connectivity index (χ1v) is 4.97. The average Bonchev–Trinajstić information content (AvgIpc) is 2.27. The Hall–Kier alpha value is -1.95. The minimum atomic E-state index is -1.30. The number of carboxylic acids is 1. The fourth-order valence-corrected chi connectivity index (χ4v) is 1.30. The summed E-state index contributed by atoms with van der Waals surface area (Å²) in [7, 11) is 1.38. The van der Waals surface area contributed by atoms with Crippen molar-refractivity contribution in [3.8, 4) is 0 Å². The highest BCUT2D eigenvalue weighted by atomic mass is 19.1. The number of carboxylic acid groups (broad SMARTS) is 1. The molecule has 1 amide bonds. The summed E-state index contributed by atoms with van der Waals surface area (Å²) >= 11 is 0. The van der Waals surface area contributed by atoms with E-state index in [0.717, 1.165) is 0 Å². The molecule has 1 aromatic rings. The Morgan fingerprint density at radius 2 is 2.18 bits per heavy atom. The topological polar surface area (TPSA) is 78.4 Å². The molecule has 0 saturated heterocycles. The summed E-state index contributed by atoms with van der Waals surface area (Å²) in [5.41, 5.74) is 0.568. The van der Waals surface area contributed by atoms with Gasteiger partial charge in [0.25, 0.3) is 0 Å². The van der Waals surface area contributed by atoms with E-state index in [-0.39, 0.29) is 6.54 Å². The van der Waals surface area contributed by atoms with Gasteiger partial charge in [0, 0.05) is 6.54 Å². The van der Waals surface area contributed by atoms with Crippen LogP contribution in [0.2, 0.25) is 0 Å². The highest BCUT2D eigenvalue weighted by Gasteiger charge is 2.23. The molecule has 0 aliphatic rings. The molecule has 1 atom stereocenters. The van der Waals surface area contributed by atoms with Crippen LogP contribution in [0.15, 0.2) is 24.3 Å². The van der Waals surface area contributed by atoms with E-state index >= 15 is 0 Å². The van der Waals surface area contributed by atoms with Crippen LogP contribution in [-0.2, 0) is 16.1 Å². The van der Waals surface area contributed by atoms with E-state index in [2.05, 4.69) is 10.6 Å². The molecule has 1 unspecified atom stereocenters. The molecular formula is C11H13FN2O3. The number of hydrogen-bond acceptors (Lipinski definition) is 3. The molecule has 92 valence electrons. The Morgan fingerprint density at radius 1 is 1.47 bits per heavy atom. The lowest BCUT2D eigenvalue weighted by atomic mass is 10.2. The molecule has 0 fully saturated rings. The maximum atomic E-state index is 12.8. The number of aliphatic carboxylic acids is 1. The normalized spacial score (nSPS) is 11.9. The zero-order valence-corrected chi connectivity index (χ0v) is 9.24. The van der Waals surface area contributed by atoms with Gasteiger partial charge >= 0.3 is 5.97 Å². The first-order valence-electron chi connectivity index (χ1n) is 4.97. The number of likely N-dealkylation sites (N-methyl/N-ethyl adjacent to an activating group) is 1. The third-order valence-corrected chi connectivity index (χ3v) is 2.15. The first-order chi connectivity index (χ1) is 8.04. The molecule has 6 heteroatoms. The molecule has 0 aliphatic heterocycles. The summed E-state index contributed by atoms with van der Waals surface area (Å²) < 4.78 is 12.8. The summed E-state index contributed by atoms with van der Waals surface area (Å²) in [6.07, 6.45) is 0. The second-order valence-corrected chi connectivity index (χ2v) is 3.41. The van der Waals surface area contributed by atoms with Crippen LogP contribution in [0.3, 0.4) is 0 Å². The fourth-order valence-electron chi connectivity index (χ4n) is 1.30. The molecule has 5 nitrogen and oxygen atoms in total. The van der Waals surface area contributed by atoms with Gasteiger partial charge in [-0.1, -0.05) is 12.1 Å². The summed E-state index contributed by atoms with van der Waals surface area (Å²) in [6.45, 7) is 0.0854. The standard InChI is InChI=1S/C11H13FN2O3/c1-13-9(11(16)17)10(15)14-6-7-3-2-4-8(12)5-7/h2-5,9,13H,6H2,1H3,(H,14,15)(H,16,17). The van der Waals surface area contributed by atoms with E-state index in [1.807, 2.05) is 0 Å². The predicted octanol–water partition coefficient (Wildman–Crippen LogP) is 0.115. The molecule has 0 heterocycles. The van der Waals surface area contributed by atoms with Crippen molar-refractivity contribution in [3.05, 3.63) is 35.6 Å². The Morgan fingerprint density at radius 3 is 2.71 bits per heavy atom. The number of nitrogens with one attached hydrogen (secondary N) is 2. The third-order valence-electron chi connectivity index (χ3n) is 2.15. The smallest absolute Gasteiger partial charge is 0.330 e. The minimum absolute atomic E-state index is 0.0854. The first kappa shape index (κ1) is 13.1. The van der Waals surface area contributed by atoms with Crippen LogP contribution < -0.4 is 10.6 Å². The summed E-state index contributed by atoms with van der Waals surface area (Å²) in [4.78, 5) is 22.1. The molecular weight excluding hydrogens is 227 g/mol. The van der Waals surface area contributed by atoms with Crippen LogP contribution in [0, 0.1) is 5.82 Å². The molecule has 0 saturated carbocycles. The Kier molecular flexibility index (Phi) is 4.59.